The van der Waals surface area contributed by atoms with Crippen LogP contribution in [0.4, 0.5) is 24.8 Å². The smallest absolute Gasteiger partial charge is 0.294 e. The standard InChI is InChI=1S/C21H12ClF3N6O2S/c1-12-17(27-2)18(14-8-6-13(11-26)7-9-14)31-20(28-19(29-31)34(22,32)33)30(12)16-5-3-4-15(10-16)21(23,24)25/h3-10,18H,1H3/t18-/m1/s1. The molecule has 0 N–H and O–H groups in total. The number of benzene rings is 2. The van der Waals surface area contributed by atoms with Gasteiger partial charge in [-0.15, -0.1) is 5.10 Å². The molecule has 2 aromatic carbocycles. The summed E-state index contributed by atoms with van der Waals surface area (Å²) in [5.41, 5.74) is 0.197. The van der Waals surface area contributed by atoms with Gasteiger partial charge in [0.25, 0.3) is 14.2 Å². The fourth-order valence-corrected chi connectivity index (χ4v) is 4.19. The van der Waals surface area contributed by atoms with Crippen LogP contribution >= 0.6 is 10.7 Å². The quantitative estimate of drug-likeness (QED) is 0.368. The number of nitriles is 1. The summed E-state index contributed by atoms with van der Waals surface area (Å²) in [6.07, 6.45) is -4.63. The highest BCUT2D eigenvalue weighted by molar-refractivity contribution is 8.13. The third kappa shape index (κ3) is 3.98. The monoisotopic (exact) mass is 504 g/mol. The molecule has 0 saturated carbocycles. The van der Waals surface area contributed by atoms with Gasteiger partial charge in [-0.1, -0.05) is 18.2 Å². The van der Waals surface area contributed by atoms with Crippen LogP contribution in [-0.4, -0.2) is 23.2 Å². The lowest BCUT2D eigenvalue weighted by molar-refractivity contribution is -0.137. The fraction of sp³-hybridized carbons (Fsp3) is 0.143. The lowest BCUT2D eigenvalue weighted by Crippen LogP contribution is -2.30. The molecular weight excluding hydrogens is 493 g/mol. The van der Waals surface area contributed by atoms with Gasteiger partial charge in [0, 0.05) is 22.1 Å². The molecule has 2 heterocycles. The molecule has 0 fully saturated rings. The molecule has 1 atom stereocenters. The van der Waals surface area contributed by atoms with Gasteiger partial charge in [-0.3, -0.25) is 4.90 Å². The largest absolute Gasteiger partial charge is 0.416 e. The van der Waals surface area contributed by atoms with Gasteiger partial charge in [0.15, 0.2) is 0 Å². The molecular formula is C21H12ClF3N6O2S. The maximum atomic E-state index is 13.3. The molecule has 1 aliphatic rings. The van der Waals surface area contributed by atoms with E-state index in [1.807, 2.05) is 6.07 Å². The number of nitrogens with zero attached hydrogens (tertiary/aromatic N) is 6. The molecule has 0 radical (unpaired) electrons. The van der Waals surface area contributed by atoms with E-state index < -0.39 is 32.0 Å². The van der Waals surface area contributed by atoms with Gasteiger partial charge in [0.2, 0.25) is 11.6 Å². The Kier molecular flexibility index (Phi) is 5.59. The highest BCUT2D eigenvalue weighted by Crippen LogP contribution is 2.44. The number of hydrogen-bond donors (Lipinski definition) is 0. The van der Waals surface area contributed by atoms with Crippen molar-refractivity contribution in [3.05, 3.63) is 88.0 Å². The zero-order chi connectivity index (χ0) is 24.8. The summed E-state index contributed by atoms with van der Waals surface area (Å²) in [7, 11) is 1.04. The first-order chi connectivity index (χ1) is 16.0. The second-order valence-corrected chi connectivity index (χ2v) is 9.64. The van der Waals surface area contributed by atoms with E-state index in [4.69, 9.17) is 22.5 Å². The first-order valence-corrected chi connectivity index (χ1v) is 11.7. The van der Waals surface area contributed by atoms with Crippen molar-refractivity contribution in [1.29, 1.82) is 5.26 Å². The fourth-order valence-electron chi connectivity index (χ4n) is 3.61. The van der Waals surface area contributed by atoms with Crippen LogP contribution in [-0.2, 0) is 15.2 Å². The number of allylic oxidation sites excluding steroid dienone is 2. The first kappa shape index (κ1) is 23.3. The lowest BCUT2D eigenvalue weighted by atomic mass is 9.99. The van der Waals surface area contributed by atoms with E-state index in [1.54, 1.807) is 12.1 Å². The SMILES string of the molecule is [C-]#[N+]C1=C(C)N(c2cccc(C(F)(F)F)c2)c2nc(S(=O)(=O)Cl)nn2[C@@H]1c1ccc(C#N)cc1. The molecule has 1 aliphatic heterocycles. The van der Waals surface area contributed by atoms with Crippen LogP contribution in [0.15, 0.2) is 65.1 Å². The average Bonchev–Trinajstić information content (AvgIpc) is 3.23. The van der Waals surface area contributed by atoms with Crippen molar-refractivity contribution in [3.8, 4) is 6.07 Å². The van der Waals surface area contributed by atoms with E-state index >= 15 is 0 Å². The van der Waals surface area contributed by atoms with Crippen LogP contribution in [0.5, 0.6) is 0 Å². The molecule has 13 heteroatoms. The van der Waals surface area contributed by atoms with Crippen molar-refractivity contribution in [2.24, 2.45) is 0 Å². The number of hydrogen-bond acceptors (Lipinski definition) is 6. The van der Waals surface area contributed by atoms with E-state index in [0.29, 0.717) is 11.1 Å². The Labute approximate surface area is 196 Å². The predicted octanol–water partition coefficient (Wildman–Crippen LogP) is 4.99. The molecule has 34 heavy (non-hydrogen) atoms. The zero-order valence-electron chi connectivity index (χ0n) is 17.1. The van der Waals surface area contributed by atoms with Gasteiger partial charge in [-0.25, -0.2) is 17.9 Å². The van der Waals surface area contributed by atoms with Crippen molar-refractivity contribution in [1.82, 2.24) is 14.8 Å². The second kappa shape index (κ2) is 8.17. The Hall–Kier alpha value is -3.87. The van der Waals surface area contributed by atoms with Crippen molar-refractivity contribution < 1.29 is 21.6 Å². The number of aromatic nitrogens is 3. The summed E-state index contributed by atoms with van der Waals surface area (Å²) in [5.74, 6) is -0.141. The lowest BCUT2D eigenvalue weighted by Gasteiger charge is -2.34. The van der Waals surface area contributed by atoms with Crippen LogP contribution in [0.25, 0.3) is 4.85 Å². The topological polar surface area (TPSA) is 96.2 Å². The van der Waals surface area contributed by atoms with Crippen LogP contribution in [0.2, 0.25) is 0 Å². The highest BCUT2D eigenvalue weighted by Gasteiger charge is 2.39. The average molecular weight is 505 g/mol. The van der Waals surface area contributed by atoms with Crippen molar-refractivity contribution >= 4 is 31.4 Å². The number of halogens is 4. The Morgan fingerprint density at radius 1 is 1.21 bits per heavy atom. The summed E-state index contributed by atoms with van der Waals surface area (Å²) < 4.78 is 65.1. The zero-order valence-corrected chi connectivity index (χ0v) is 18.7. The van der Waals surface area contributed by atoms with Crippen molar-refractivity contribution in [2.75, 3.05) is 4.90 Å². The van der Waals surface area contributed by atoms with Crippen LogP contribution in [0.1, 0.15) is 29.7 Å². The minimum atomic E-state index is -4.63. The van der Waals surface area contributed by atoms with Gasteiger partial charge >= 0.3 is 6.18 Å². The van der Waals surface area contributed by atoms with Crippen molar-refractivity contribution in [2.45, 2.75) is 24.3 Å². The third-order valence-corrected chi connectivity index (χ3v) is 6.15. The molecule has 0 aliphatic carbocycles. The number of alkyl halides is 3. The molecule has 0 bridgehead atoms. The summed E-state index contributed by atoms with van der Waals surface area (Å²) >= 11 is 0. The van der Waals surface area contributed by atoms with Gasteiger partial charge in [0.1, 0.15) is 6.04 Å². The Balaban J connectivity index is 2.00. The van der Waals surface area contributed by atoms with Gasteiger partial charge in [0.05, 0.1) is 23.8 Å². The Bertz CT molecular complexity index is 1520. The molecule has 0 saturated heterocycles. The van der Waals surface area contributed by atoms with Gasteiger partial charge in [-0.05, 0) is 42.8 Å². The van der Waals surface area contributed by atoms with Gasteiger partial charge < -0.3 is 0 Å². The summed E-state index contributed by atoms with van der Waals surface area (Å²) in [6.45, 7) is 9.26. The molecule has 3 aromatic rings. The van der Waals surface area contributed by atoms with Crippen LogP contribution in [0, 0.1) is 17.9 Å². The van der Waals surface area contributed by atoms with Crippen molar-refractivity contribution in [3.63, 3.8) is 0 Å². The molecule has 1 aromatic heterocycles. The second-order valence-electron chi connectivity index (χ2n) is 7.18. The van der Waals surface area contributed by atoms with E-state index in [2.05, 4.69) is 14.9 Å². The van der Waals surface area contributed by atoms with E-state index in [1.165, 1.54) is 36.1 Å². The highest BCUT2D eigenvalue weighted by atomic mass is 35.7. The normalized spacial score (nSPS) is 16.1. The van der Waals surface area contributed by atoms with Crippen LogP contribution < -0.4 is 4.90 Å². The summed E-state index contributed by atoms with van der Waals surface area (Å²) in [5, 5.41) is 12.3. The first-order valence-electron chi connectivity index (χ1n) is 9.42. The third-order valence-electron chi connectivity index (χ3n) is 5.13. The van der Waals surface area contributed by atoms with Crippen LogP contribution in [0.3, 0.4) is 0 Å². The number of rotatable bonds is 3. The van der Waals surface area contributed by atoms with Gasteiger partial charge in [-0.2, -0.15) is 23.4 Å². The molecule has 172 valence electrons. The molecule has 0 spiro atoms. The Morgan fingerprint density at radius 2 is 1.88 bits per heavy atom. The molecule has 4 rings (SSSR count). The molecule has 8 nitrogen and oxygen atoms in total. The number of anilines is 2. The maximum absolute atomic E-state index is 13.3. The maximum Gasteiger partial charge on any atom is 0.416 e. The minimum absolute atomic E-state index is 0.000996. The van der Waals surface area contributed by atoms with E-state index in [9.17, 15) is 21.6 Å². The Morgan fingerprint density at radius 3 is 2.44 bits per heavy atom. The van der Waals surface area contributed by atoms with E-state index in [-0.39, 0.29) is 23.0 Å². The number of fused-ring (bicyclic) bond motifs is 1. The molecule has 0 amide bonds. The summed E-state index contributed by atoms with van der Waals surface area (Å²) in [6, 6.07) is 11.5. The van der Waals surface area contributed by atoms with E-state index in [0.717, 1.165) is 16.8 Å². The predicted molar refractivity (Wildman–Crippen MR) is 115 cm³/mol. The molecule has 0 unspecified atom stereocenters. The summed E-state index contributed by atoms with van der Waals surface area (Å²) in [4.78, 5) is 8.79. The minimum Gasteiger partial charge on any atom is -0.294 e.